The topological polar surface area (TPSA) is 162 Å². The first kappa shape index (κ1) is 47.9. The first-order chi connectivity index (χ1) is 26.4. The summed E-state index contributed by atoms with van der Waals surface area (Å²) in [6.07, 6.45) is 2.15. The maximum absolute atomic E-state index is 13.9. The summed E-state index contributed by atoms with van der Waals surface area (Å²) in [6.45, 7) is 19.3. The number of nitrogens with zero attached hydrogens (tertiary/aromatic N) is 1. The Labute approximate surface area is 335 Å². The lowest BCUT2D eigenvalue weighted by Gasteiger charge is -2.25. The first-order valence-corrected chi connectivity index (χ1v) is 20.3. The molecule has 0 spiro atoms. The minimum Gasteiger partial charge on any atom is -0.394 e. The van der Waals surface area contributed by atoms with E-state index in [2.05, 4.69) is 55.5 Å². The first-order valence-electron chi connectivity index (χ1n) is 20.3. The van der Waals surface area contributed by atoms with E-state index < -0.39 is 48.4 Å². The van der Waals surface area contributed by atoms with Gasteiger partial charge in [-0.25, -0.2) is 0 Å². The molecule has 2 unspecified atom stereocenters. The van der Waals surface area contributed by atoms with Gasteiger partial charge in [-0.1, -0.05) is 104 Å². The monoisotopic (exact) mass is 777 g/mol. The van der Waals surface area contributed by atoms with Crippen LogP contribution in [-0.2, 0) is 35.8 Å². The van der Waals surface area contributed by atoms with Gasteiger partial charge in [0.05, 0.1) is 18.7 Å². The molecule has 5 atom stereocenters. The molecule has 4 N–H and O–H groups in total. The van der Waals surface area contributed by atoms with Crippen molar-refractivity contribution >= 4 is 35.1 Å². The van der Waals surface area contributed by atoms with E-state index in [9.17, 15) is 33.9 Å². The van der Waals surface area contributed by atoms with Crippen LogP contribution in [0, 0.1) is 17.8 Å². The summed E-state index contributed by atoms with van der Waals surface area (Å²) in [5, 5.41) is 18.1. The molecule has 11 heteroatoms. The number of unbranched alkanes of at least 4 members (excludes halogenated alkanes) is 1. The summed E-state index contributed by atoms with van der Waals surface area (Å²) in [5.74, 6) is -3.91. The summed E-state index contributed by atoms with van der Waals surface area (Å²) in [4.78, 5) is 82.5. The smallest absolute Gasteiger partial charge is 0.251 e. The highest BCUT2D eigenvalue weighted by Gasteiger charge is 2.32. The number of hydrogen-bond donors (Lipinski definition) is 4. The number of carbonyl (C=O) groups is 6. The van der Waals surface area contributed by atoms with Crippen molar-refractivity contribution in [2.24, 2.45) is 17.8 Å². The number of rotatable bonds is 25. The van der Waals surface area contributed by atoms with Crippen LogP contribution in [-0.4, -0.2) is 89.4 Å². The second-order valence-corrected chi connectivity index (χ2v) is 16.5. The van der Waals surface area contributed by atoms with Crippen LogP contribution in [0.1, 0.15) is 122 Å². The summed E-state index contributed by atoms with van der Waals surface area (Å²) < 4.78 is 0. The number of aliphatic hydroxyl groups is 1. The SMILES string of the molecule is CCN(CC)CCCCC(CC(=O)C(CC(C)C)NC(=O)[C@H](C)CC(=O)[C@H](Cc1ccccc1)NC(=O)c1ccc(C(C)(C)C)cc1)C(=O)N[C@@H](CO)C(C)=O. The lowest BCUT2D eigenvalue weighted by molar-refractivity contribution is -0.135. The third-order valence-electron chi connectivity index (χ3n) is 10.3. The molecule has 0 aliphatic carbocycles. The Kier molecular flexibility index (Phi) is 20.3. The van der Waals surface area contributed by atoms with Crippen molar-refractivity contribution in [3.63, 3.8) is 0 Å². The summed E-state index contributed by atoms with van der Waals surface area (Å²) in [7, 11) is 0. The maximum atomic E-state index is 13.9. The Bertz CT molecular complexity index is 1560. The Morgan fingerprint density at radius 3 is 1.86 bits per heavy atom. The molecule has 11 nitrogen and oxygen atoms in total. The van der Waals surface area contributed by atoms with Crippen molar-refractivity contribution in [2.75, 3.05) is 26.2 Å². The van der Waals surface area contributed by atoms with Crippen molar-refractivity contribution < 1.29 is 33.9 Å². The number of hydrogen-bond acceptors (Lipinski definition) is 8. The minimum absolute atomic E-state index is 0.0296. The van der Waals surface area contributed by atoms with Gasteiger partial charge in [-0.15, -0.1) is 0 Å². The zero-order valence-corrected chi connectivity index (χ0v) is 35.3. The molecule has 0 fully saturated rings. The van der Waals surface area contributed by atoms with Crippen LogP contribution < -0.4 is 16.0 Å². The fourth-order valence-corrected chi connectivity index (χ4v) is 6.59. The third-order valence-corrected chi connectivity index (χ3v) is 10.3. The van der Waals surface area contributed by atoms with Gasteiger partial charge in [0.1, 0.15) is 6.04 Å². The molecule has 0 aromatic heterocycles. The predicted molar refractivity (Wildman–Crippen MR) is 221 cm³/mol. The van der Waals surface area contributed by atoms with Gasteiger partial charge in [0.2, 0.25) is 11.8 Å². The van der Waals surface area contributed by atoms with E-state index >= 15 is 0 Å². The minimum atomic E-state index is -1.06. The summed E-state index contributed by atoms with van der Waals surface area (Å²) in [5.41, 5.74) is 2.27. The highest BCUT2D eigenvalue weighted by Crippen LogP contribution is 2.23. The van der Waals surface area contributed by atoms with E-state index in [1.165, 1.54) is 6.92 Å². The summed E-state index contributed by atoms with van der Waals surface area (Å²) >= 11 is 0. The van der Waals surface area contributed by atoms with Gasteiger partial charge in [-0.05, 0) is 86.8 Å². The fraction of sp³-hybridized carbons (Fsp3) is 0.600. The Balaban J connectivity index is 2.22. The molecule has 2 aromatic rings. The molecule has 0 aliphatic rings. The summed E-state index contributed by atoms with van der Waals surface area (Å²) in [6, 6.07) is 13.8. The number of carbonyl (C=O) groups excluding carboxylic acids is 6. The van der Waals surface area contributed by atoms with Crippen LogP contribution in [0.4, 0.5) is 0 Å². The number of aliphatic hydroxyl groups excluding tert-OH is 1. The largest absolute Gasteiger partial charge is 0.394 e. The standard InChI is InChI=1S/C45H68N4O7/c1-10-49(11-2)24-16-15-19-35(44(56)48-39(29-50)32(6)51)28-41(53)37(25-30(3)4)46-42(54)31(5)26-40(52)38(27-33-17-13-12-14-18-33)47-43(55)34-20-22-36(23-21-34)45(7,8)9/h12-14,17-18,20-23,30-31,35,37-39,50H,10-11,15-16,19,24-29H2,1-9H3,(H,46,54)(H,47,55)(H,48,56)/t31-,35?,37?,38+,39+/m1/s1. The van der Waals surface area contributed by atoms with Crippen LogP contribution in [0.25, 0.3) is 0 Å². The lowest BCUT2D eigenvalue weighted by Crippen LogP contribution is -2.48. The quantitative estimate of drug-likeness (QED) is 0.0948. The van der Waals surface area contributed by atoms with Gasteiger partial charge in [-0.3, -0.25) is 28.8 Å². The van der Waals surface area contributed by atoms with Crippen molar-refractivity contribution in [3.05, 3.63) is 71.3 Å². The zero-order valence-electron chi connectivity index (χ0n) is 35.3. The highest BCUT2D eigenvalue weighted by molar-refractivity contribution is 5.99. The van der Waals surface area contributed by atoms with Crippen molar-refractivity contribution in [3.8, 4) is 0 Å². The van der Waals surface area contributed by atoms with E-state index in [1.807, 2.05) is 56.3 Å². The third kappa shape index (κ3) is 16.5. The number of amides is 3. The molecule has 56 heavy (non-hydrogen) atoms. The molecular weight excluding hydrogens is 709 g/mol. The Morgan fingerprint density at radius 2 is 1.32 bits per heavy atom. The van der Waals surface area contributed by atoms with Gasteiger partial charge in [0, 0.05) is 30.2 Å². The Morgan fingerprint density at radius 1 is 0.732 bits per heavy atom. The molecule has 3 amide bonds. The molecule has 0 saturated heterocycles. The van der Waals surface area contributed by atoms with Gasteiger partial charge >= 0.3 is 0 Å². The van der Waals surface area contributed by atoms with E-state index in [4.69, 9.17) is 0 Å². The van der Waals surface area contributed by atoms with Gasteiger partial charge in [-0.2, -0.15) is 0 Å². The average molecular weight is 777 g/mol. The molecule has 0 heterocycles. The fourth-order valence-electron chi connectivity index (χ4n) is 6.59. The second kappa shape index (κ2) is 23.8. The number of nitrogens with one attached hydrogen (secondary N) is 3. The lowest BCUT2D eigenvalue weighted by atomic mass is 9.86. The van der Waals surface area contributed by atoms with Crippen LogP contribution >= 0.6 is 0 Å². The molecular formula is C45H68N4O7. The van der Waals surface area contributed by atoms with Gasteiger partial charge < -0.3 is 26.0 Å². The van der Waals surface area contributed by atoms with Crippen LogP contribution in [0.3, 0.4) is 0 Å². The van der Waals surface area contributed by atoms with Crippen LogP contribution in [0.15, 0.2) is 54.6 Å². The van der Waals surface area contributed by atoms with Crippen LogP contribution in [0.5, 0.6) is 0 Å². The number of ketones is 3. The Hall–Kier alpha value is -4.22. The molecule has 2 rings (SSSR count). The molecule has 0 aliphatic heterocycles. The van der Waals surface area contributed by atoms with Crippen molar-refractivity contribution in [1.82, 2.24) is 20.9 Å². The van der Waals surface area contributed by atoms with Crippen LogP contribution in [0.2, 0.25) is 0 Å². The zero-order chi connectivity index (χ0) is 42.0. The molecule has 2 aromatic carbocycles. The van der Waals surface area contributed by atoms with E-state index in [0.717, 1.165) is 37.2 Å². The predicted octanol–water partition coefficient (Wildman–Crippen LogP) is 5.61. The molecule has 310 valence electrons. The number of Topliss-reactive ketones (excluding diaryl/α,β-unsaturated/α-hetero) is 3. The van der Waals surface area contributed by atoms with Gasteiger partial charge in [0.25, 0.3) is 5.91 Å². The molecule has 0 radical (unpaired) electrons. The van der Waals surface area contributed by atoms with Crippen molar-refractivity contribution in [1.29, 1.82) is 0 Å². The van der Waals surface area contributed by atoms with E-state index in [0.29, 0.717) is 24.8 Å². The van der Waals surface area contributed by atoms with Gasteiger partial charge in [0.15, 0.2) is 17.3 Å². The van der Waals surface area contributed by atoms with E-state index in [-0.39, 0.29) is 53.9 Å². The maximum Gasteiger partial charge on any atom is 0.251 e. The number of benzene rings is 2. The van der Waals surface area contributed by atoms with E-state index in [1.54, 1.807) is 19.1 Å². The molecule has 0 saturated carbocycles. The average Bonchev–Trinajstić information content (AvgIpc) is 3.15. The highest BCUT2D eigenvalue weighted by atomic mass is 16.3. The van der Waals surface area contributed by atoms with Crippen molar-refractivity contribution in [2.45, 2.75) is 131 Å². The normalized spacial score (nSPS) is 14.4. The molecule has 0 bridgehead atoms. The second-order valence-electron chi connectivity index (χ2n) is 16.5.